The maximum Gasteiger partial charge on any atom is 1.00 e. The van der Waals surface area contributed by atoms with Gasteiger partial charge in [-0.1, -0.05) is 12.2 Å². The summed E-state index contributed by atoms with van der Waals surface area (Å²) < 4.78 is 0. The van der Waals surface area contributed by atoms with E-state index in [1.807, 2.05) is 0 Å². The number of aliphatic carboxylic acids is 1. The minimum Gasteiger partial charge on any atom is -0.545 e. The Balaban J connectivity index is 0. The second-order valence-electron chi connectivity index (χ2n) is 0.437. The van der Waals surface area contributed by atoms with Crippen LogP contribution in [0.4, 0.5) is 0 Å². The minimum atomic E-state index is -1.31. The predicted molar refractivity (Wildman–Crippen MR) is 18.7 cm³/mol. The zero-order valence-electron chi connectivity index (χ0n) is 3.30. The number of carbonyl (C=O) groups is 1. The standard InChI is InChI=1S/C2H2O2S.K/c3-2(4)1-5;/h1H,(H,3,4);/q;+1/p-1. The van der Waals surface area contributed by atoms with Gasteiger partial charge in [0.15, 0.2) is 0 Å². The molecule has 0 aliphatic heterocycles. The molecule has 0 spiro atoms. The first kappa shape index (κ1) is 10.2. The van der Waals surface area contributed by atoms with Gasteiger partial charge in [0, 0.05) is 5.37 Å². The van der Waals surface area contributed by atoms with Crippen molar-refractivity contribution in [3.8, 4) is 0 Å². The Morgan fingerprint density at radius 1 is 1.83 bits per heavy atom. The van der Waals surface area contributed by atoms with E-state index in [4.69, 9.17) is 9.90 Å². The van der Waals surface area contributed by atoms with E-state index in [0.717, 1.165) is 0 Å². The molecule has 0 aromatic rings. The number of thiocarbonyl (C=S) groups is 1. The van der Waals surface area contributed by atoms with Crippen LogP contribution in [0, 0.1) is 0 Å². The smallest absolute Gasteiger partial charge is 0.545 e. The van der Waals surface area contributed by atoms with Crippen LogP contribution in [-0.2, 0) is 4.79 Å². The molecule has 0 fully saturated rings. The van der Waals surface area contributed by atoms with Crippen LogP contribution in [0.3, 0.4) is 0 Å². The summed E-state index contributed by atoms with van der Waals surface area (Å²) in [5, 5.41) is 9.65. The average molecular weight is 128 g/mol. The van der Waals surface area contributed by atoms with Crippen molar-refractivity contribution in [1.82, 2.24) is 0 Å². The number of carboxylic acids is 1. The van der Waals surface area contributed by atoms with Crippen molar-refractivity contribution in [1.29, 1.82) is 0 Å². The van der Waals surface area contributed by atoms with Gasteiger partial charge in [-0.25, -0.2) is 0 Å². The molecule has 0 saturated carbocycles. The van der Waals surface area contributed by atoms with Crippen LogP contribution in [0.15, 0.2) is 0 Å². The molecule has 0 heterocycles. The fourth-order valence-electron chi connectivity index (χ4n) is 0. The first-order valence-corrected chi connectivity index (χ1v) is 1.40. The largest absolute Gasteiger partial charge is 1.00 e. The van der Waals surface area contributed by atoms with Crippen molar-refractivity contribution in [3.63, 3.8) is 0 Å². The van der Waals surface area contributed by atoms with Crippen molar-refractivity contribution in [2.45, 2.75) is 0 Å². The second kappa shape index (κ2) is 6.20. The van der Waals surface area contributed by atoms with E-state index in [2.05, 4.69) is 12.2 Å². The number of hydrogen-bond acceptors (Lipinski definition) is 3. The number of hydrogen-bond donors (Lipinski definition) is 0. The van der Waals surface area contributed by atoms with E-state index in [-0.39, 0.29) is 51.4 Å². The first-order chi connectivity index (χ1) is 2.27. The van der Waals surface area contributed by atoms with E-state index >= 15 is 0 Å². The monoisotopic (exact) mass is 128 g/mol. The van der Waals surface area contributed by atoms with Gasteiger partial charge in [-0.2, -0.15) is 0 Å². The number of carboxylic acid groups (broad SMARTS) is 1. The first-order valence-electron chi connectivity index (χ1n) is 0.933. The summed E-state index contributed by atoms with van der Waals surface area (Å²) in [6.45, 7) is 0. The number of rotatable bonds is 1. The maximum absolute atomic E-state index is 9.10. The quantitative estimate of drug-likeness (QED) is 0.265. The summed E-state index contributed by atoms with van der Waals surface area (Å²) in [5.41, 5.74) is 0. The van der Waals surface area contributed by atoms with Crippen LogP contribution in [0.1, 0.15) is 0 Å². The van der Waals surface area contributed by atoms with E-state index in [1.54, 1.807) is 0 Å². The Morgan fingerprint density at radius 2 is 2.00 bits per heavy atom. The summed E-state index contributed by atoms with van der Waals surface area (Å²) in [4.78, 5) is 9.10. The van der Waals surface area contributed by atoms with Crippen LogP contribution < -0.4 is 56.5 Å². The molecule has 0 bridgehead atoms. The molecule has 0 atom stereocenters. The van der Waals surface area contributed by atoms with Gasteiger partial charge in [-0.15, -0.1) is 0 Å². The molecule has 0 radical (unpaired) electrons. The zero-order chi connectivity index (χ0) is 4.28. The van der Waals surface area contributed by atoms with Gasteiger partial charge in [0.1, 0.15) is 0 Å². The fourth-order valence-corrected chi connectivity index (χ4v) is 0. The minimum absolute atomic E-state index is 0. The molecule has 6 heavy (non-hydrogen) atoms. The topological polar surface area (TPSA) is 40.1 Å². The van der Waals surface area contributed by atoms with Crippen molar-refractivity contribution >= 4 is 23.6 Å². The van der Waals surface area contributed by atoms with E-state index in [0.29, 0.717) is 5.37 Å². The van der Waals surface area contributed by atoms with E-state index in [1.165, 1.54) is 0 Å². The Kier molecular flexibility index (Phi) is 10.6. The predicted octanol–water partition coefficient (Wildman–Crippen LogP) is -4.26. The van der Waals surface area contributed by atoms with Crippen LogP contribution in [-0.4, -0.2) is 11.3 Å². The molecule has 2 nitrogen and oxygen atoms in total. The van der Waals surface area contributed by atoms with Crippen LogP contribution in [0.5, 0.6) is 0 Å². The van der Waals surface area contributed by atoms with E-state index in [9.17, 15) is 0 Å². The third-order valence-corrected chi connectivity index (χ3v) is 0.289. The third-order valence-electron chi connectivity index (χ3n) is 0.0962. The maximum atomic E-state index is 9.10. The summed E-state index contributed by atoms with van der Waals surface area (Å²) in [6.07, 6.45) is 0. The van der Waals surface area contributed by atoms with Crippen LogP contribution in [0.25, 0.3) is 0 Å². The third kappa shape index (κ3) is 8.96. The van der Waals surface area contributed by atoms with Crippen molar-refractivity contribution in [3.05, 3.63) is 0 Å². The number of carbonyl (C=O) groups excluding carboxylic acids is 1. The molecule has 0 rings (SSSR count). The molecular weight excluding hydrogens is 127 g/mol. The van der Waals surface area contributed by atoms with Crippen LogP contribution >= 0.6 is 12.2 Å². The SMILES string of the molecule is O=C([O-])C=S.[K+]. The average Bonchev–Trinajstić information content (AvgIpc) is 1.38. The molecule has 4 heteroatoms. The zero-order valence-corrected chi connectivity index (χ0v) is 7.24. The second-order valence-corrected chi connectivity index (χ2v) is 0.673. The van der Waals surface area contributed by atoms with Crippen molar-refractivity contribution in [2.75, 3.05) is 0 Å². The van der Waals surface area contributed by atoms with E-state index < -0.39 is 5.97 Å². The summed E-state index contributed by atoms with van der Waals surface area (Å²) in [5.74, 6) is -1.31. The van der Waals surface area contributed by atoms with Crippen molar-refractivity contribution in [2.24, 2.45) is 0 Å². The molecule has 0 saturated heterocycles. The molecule has 0 unspecified atom stereocenters. The van der Waals surface area contributed by atoms with Gasteiger partial charge in [0.25, 0.3) is 0 Å². The Morgan fingerprint density at radius 3 is 2.00 bits per heavy atom. The molecule has 28 valence electrons. The summed E-state index contributed by atoms with van der Waals surface area (Å²) in [6, 6.07) is 0. The molecular formula is C2HKO2S. The molecule has 0 aliphatic rings. The molecule has 0 aromatic heterocycles. The van der Waals surface area contributed by atoms with Crippen LogP contribution in [0.2, 0.25) is 0 Å². The van der Waals surface area contributed by atoms with Crippen molar-refractivity contribution < 1.29 is 61.3 Å². The Hall–Kier alpha value is 1.20. The summed E-state index contributed by atoms with van der Waals surface area (Å²) in [7, 11) is 0. The molecule has 0 amide bonds. The van der Waals surface area contributed by atoms with Gasteiger partial charge in [-0.3, -0.25) is 0 Å². The normalized spacial score (nSPS) is 5.33. The van der Waals surface area contributed by atoms with Gasteiger partial charge in [0.2, 0.25) is 0 Å². The summed E-state index contributed by atoms with van der Waals surface area (Å²) >= 11 is 3.89. The fraction of sp³-hybridized carbons (Fsp3) is 0. The Labute approximate surface area is 83.3 Å². The molecule has 0 aromatic carbocycles. The Bertz CT molecular complexity index is 62.6. The van der Waals surface area contributed by atoms with Gasteiger partial charge >= 0.3 is 51.4 Å². The van der Waals surface area contributed by atoms with Gasteiger partial charge in [-0.05, 0) is 0 Å². The molecule has 0 N–H and O–H groups in total. The van der Waals surface area contributed by atoms with Gasteiger partial charge in [0.05, 0.1) is 5.97 Å². The van der Waals surface area contributed by atoms with Gasteiger partial charge < -0.3 is 9.90 Å². The molecule has 0 aliphatic carbocycles.